The van der Waals surface area contributed by atoms with Gasteiger partial charge in [0, 0.05) is 35.8 Å². The van der Waals surface area contributed by atoms with Crippen LogP contribution in [0, 0.1) is 0 Å². The number of fused-ring (bicyclic) bond motifs is 1. The SMILES string of the molecule is CC1Cc2ccccc2N1CCc1nc(-c2ccccc2)oc1-c1ccccc1. The van der Waals surface area contributed by atoms with Gasteiger partial charge in [-0.15, -0.1) is 0 Å². The van der Waals surface area contributed by atoms with Gasteiger partial charge >= 0.3 is 0 Å². The van der Waals surface area contributed by atoms with Gasteiger partial charge in [0.2, 0.25) is 5.89 Å². The van der Waals surface area contributed by atoms with E-state index < -0.39 is 0 Å². The van der Waals surface area contributed by atoms with E-state index in [1.165, 1.54) is 11.3 Å². The van der Waals surface area contributed by atoms with E-state index in [0.29, 0.717) is 11.9 Å². The summed E-state index contributed by atoms with van der Waals surface area (Å²) in [5, 5.41) is 0. The highest BCUT2D eigenvalue weighted by Crippen LogP contribution is 2.34. The Balaban J connectivity index is 1.47. The van der Waals surface area contributed by atoms with Crippen molar-refractivity contribution >= 4 is 5.69 Å². The molecule has 0 saturated carbocycles. The fourth-order valence-electron chi connectivity index (χ4n) is 4.24. The van der Waals surface area contributed by atoms with Crippen molar-refractivity contribution in [2.45, 2.75) is 25.8 Å². The summed E-state index contributed by atoms with van der Waals surface area (Å²) < 4.78 is 6.27. The molecule has 0 spiro atoms. The standard InChI is InChI=1S/C26H24N2O/c1-19-18-22-14-8-9-15-24(22)28(19)17-16-23-25(20-10-4-2-5-11-20)29-26(27-23)21-12-6-3-7-13-21/h2-15,19H,16-18H2,1H3. The number of para-hydroxylation sites is 1. The average molecular weight is 380 g/mol. The van der Waals surface area contributed by atoms with Crippen LogP contribution in [0.15, 0.2) is 89.3 Å². The van der Waals surface area contributed by atoms with E-state index in [9.17, 15) is 0 Å². The second kappa shape index (κ2) is 7.59. The molecule has 3 aromatic carbocycles. The number of rotatable bonds is 5. The van der Waals surface area contributed by atoms with Gasteiger partial charge in [0.25, 0.3) is 0 Å². The number of benzene rings is 3. The summed E-state index contributed by atoms with van der Waals surface area (Å²) in [6.07, 6.45) is 1.95. The number of aromatic nitrogens is 1. The first-order valence-electron chi connectivity index (χ1n) is 10.2. The summed E-state index contributed by atoms with van der Waals surface area (Å²) in [6.45, 7) is 3.23. The molecule has 3 nitrogen and oxygen atoms in total. The first-order chi connectivity index (χ1) is 14.3. The lowest BCUT2D eigenvalue weighted by molar-refractivity contribution is 0.586. The van der Waals surface area contributed by atoms with E-state index in [-0.39, 0.29) is 0 Å². The van der Waals surface area contributed by atoms with Gasteiger partial charge in [0.05, 0.1) is 5.69 Å². The molecule has 0 radical (unpaired) electrons. The van der Waals surface area contributed by atoms with Crippen LogP contribution in [-0.2, 0) is 12.8 Å². The third kappa shape index (κ3) is 3.44. The van der Waals surface area contributed by atoms with Crippen molar-refractivity contribution < 1.29 is 4.42 Å². The van der Waals surface area contributed by atoms with Crippen LogP contribution < -0.4 is 4.90 Å². The topological polar surface area (TPSA) is 29.3 Å². The zero-order valence-electron chi connectivity index (χ0n) is 16.6. The number of hydrogen-bond acceptors (Lipinski definition) is 3. The van der Waals surface area contributed by atoms with Crippen molar-refractivity contribution in [2.24, 2.45) is 0 Å². The number of nitrogens with zero attached hydrogens (tertiary/aromatic N) is 2. The lowest BCUT2D eigenvalue weighted by atomic mass is 10.1. The van der Waals surface area contributed by atoms with Crippen LogP contribution in [0.25, 0.3) is 22.8 Å². The monoisotopic (exact) mass is 380 g/mol. The highest BCUT2D eigenvalue weighted by Gasteiger charge is 2.26. The van der Waals surface area contributed by atoms with Crippen LogP contribution in [-0.4, -0.2) is 17.6 Å². The Bertz CT molecular complexity index is 1100. The molecule has 0 fully saturated rings. The molecule has 1 atom stereocenters. The maximum Gasteiger partial charge on any atom is 0.227 e. The van der Waals surface area contributed by atoms with Crippen LogP contribution in [0.4, 0.5) is 5.69 Å². The van der Waals surface area contributed by atoms with E-state index in [4.69, 9.17) is 9.40 Å². The third-order valence-corrected chi connectivity index (χ3v) is 5.69. The first-order valence-corrected chi connectivity index (χ1v) is 10.2. The lowest BCUT2D eigenvalue weighted by Gasteiger charge is -2.24. The minimum atomic E-state index is 0.507. The van der Waals surface area contributed by atoms with E-state index in [0.717, 1.165) is 42.0 Å². The molecule has 0 bridgehead atoms. The molecule has 1 aromatic heterocycles. The quantitative estimate of drug-likeness (QED) is 0.425. The van der Waals surface area contributed by atoms with Gasteiger partial charge < -0.3 is 9.32 Å². The second-order valence-corrected chi connectivity index (χ2v) is 7.65. The summed E-state index contributed by atoms with van der Waals surface area (Å²) >= 11 is 0. The Labute approximate surface area is 171 Å². The van der Waals surface area contributed by atoms with E-state index in [1.807, 2.05) is 48.5 Å². The van der Waals surface area contributed by atoms with Crippen molar-refractivity contribution in [3.63, 3.8) is 0 Å². The normalized spacial score (nSPS) is 15.5. The number of oxazole rings is 1. The van der Waals surface area contributed by atoms with Gasteiger partial charge in [-0.25, -0.2) is 4.98 Å². The lowest BCUT2D eigenvalue weighted by Crippen LogP contribution is -2.31. The highest BCUT2D eigenvalue weighted by molar-refractivity contribution is 5.65. The zero-order valence-corrected chi connectivity index (χ0v) is 16.6. The molecule has 1 aliphatic heterocycles. The maximum absolute atomic E-state index is 6.27. The summed E-state index contributed by atoms with van der Waals surface area (Å²) in [6, 6.07) is 29.7. The molecular formula is C26H24N2O. The first kappa shape index (κ1) is 17.7. The summed E-state index contributed by atoms with van der Waals surface area (Å²) in [5.74, 6) is 1.57. The van der Waals surface area contributed by atoms with Crippen molar-refractivity contribution in [3.05, 3.63) is 96.2 Å². The molecule has 0 saturated heterocycles. The van der Waals surface area contributed by atoms with E-state index in [2.05, 4.69) is 48.2 Å². The van der Waals surface area contributed by atoms with E-state index in [1.54, 1.807) is 0 Å². The molecule has 4 aromatic rings. The fraction of sp³-hybridized carbons (Fsp3) is 0.192. The minimum Gasteiger partial charge on any atom is -0.436 e. The summed E-state index contributed by atoms with van der Waals surface area (Å²) in [4.78, 5) is 7.41. The van der Waals surface area contributed by atoms with Gasteiger partial charge in [-0.3, -0.25) is 0 Å². The largest absolute Gasteiger partial charge is 0.436 e. The molecule has 1 aliphatic rings. The van der Waals surface area contributed by atoms with Gasteiger partial charge in [-0.05, 0) is 37.1 Å². The van der Waals surface area contributed by atoms with Crippen LogP contribution >= 0.6 is 0 Å². The Morgan fingerprint density at radius 2 is 1.52 bits per heavy atom. The molecule has 1 unspecified atom stereocenters. The molecular weight excluding hydrogens is 356 g/mol. The molecule has 2 heterocycles. The van der Waals surface area contributed by atoms with Gasteiger partial charge in [0.1, 0.15) is 0 Å². The molecule has 0 aliphatic carbocycles. The minimum absolute atomic E-state index is 0.507. The van der Waals surface area contributed by atoms with Crippen molar-refractivity contribution in [1.82, 2.24) is 4.98 Å². The Hall–Kier alpha value is -3.33. The van der Waals surface area contributed by atoms with Crippen molar-refractivity contribution in [2.75, 3.05) is 11.4 Å². The molecule has 5 rings (SSSR count). The van der Waals surface area contributed by atoms with Gasteiger partial charge in [0.15, 0.2) is 5.76 Å². The molecule has 0 amide bonds. The zero-order chi connectivity index (χ0) is 19.6. The van der Waals surface area contributed by atoms with Crippen molar-refractivity contribution in [3.8, 4) is 22.8 Å². The Kier molecular flexibility index (Phi) is 4.65. The van der Waals surface area contributed by atoms with E-state index >= 15 is 0 Å². The molecule has 144 valence electrons. The second-order valence-electron chi connectivity index (χ2n) is 7.65. The smallest absolute Gasteiger partial charge is 0.227 e. The van der Waals surface area contributed by atoms with Crippen LogP contribution in [0.3, 0.4) is 0 Å². The molecule has 29 heavy (non-hydrogen) atoms. The van der Waals surface area contributed by atoms with Crippen molar-refractivity contribution in [1.29, 1.82) is 0 Å². The van der Waals surface area contributed by atoms with Crippen LogP contribution in [0.2, 0.25) is 0 Å². The number of anilines is 1. The predicted octanol–water partition coefficient (Wildman–Crippen LogP) is 6.00. The van der Waals surface area contributed by atoms with Gasteiger partial charge in [-0.1, -0.05) is 66.7 Å². The highest BCUT2D eigenvalue weighted by atomic mass is 16.4. The summed E-state index contributed by atoms with van der Waals surface area (Å²) in [5.41, 5.74) is 5.90. The fourth-order valence-corrected chi connectivity index (χ4v) is 4.24. The number of hydrogen-bond donors (Lipinski definition) is 0. The Morgan fingerprint density at radius 3 is 2.28 bits per heavy atom. The summed E-state index contributed by atoms with van der Waals surface area (Å²) in [7, 11) is 0. The maximum atomic E-state index is 6.27. The van der Waals surface area contributed by atoms with Crippen LogP contribution in [0.1, 0.15) is 18.2 Å². The molecule has 0 N–H and O–H groups in total. The van der Waals surface area contributed by atoms with Gasteiger partial charge in [-0.2, -0.15) is 0 Å². The predicted molar refractivity (Wildman–Crippen MR) is 118 cm³/mol. The molecule has 3 heteroatoms. The van der Waals surface area contributed by atoms with Crippen LogP contribution in [0.5, 0.6) is 0 Å². The average Bonchev–Trinajstić information content (AvgIpc) is 3.34. The third-order valence-electron chi connectivity index (χ3n) is 5.69. The Morgan fingerprint density at radius 1 is 0.862 bits per heavy atom.